The Bertz CT molecular complexity index is 374. The molecular formula is C8H6BrF2NO3. The highest BCUT2D eigenvalue weighted by Gasteiger charge is 2.16. The molecule has 82 valence electrons. The van der Waals surface area contributed by atoms with Gasteiger partial charge in [-0.1, -0.05) is 0 Å². The first-order valence-electron chi connectivity index (χ1n) is 3.77. The Balaban J connectivity index is 3.15. The molecular weight excluding hydrogens is 276 g/mol. The number of pyridine rings is 1. The van der Waals surface area contributed by atoms with Crippen molar-refractivity contribution in [1.82, 2.24) is 4.98 Å². The fourth-order valence-corrected chi connectivity index (χ4v) is 1.56. The van der Waals surface area contributed by atoms with E-state index in [-0.39, 0.29) is 21.6 Å². The number of ether oxygens (including phenoxy) is 1. The zero-order valence-corrected chi connectivity index (χ0v) is 9.09. The molecule has 1 aromatic rings. The van der Waals surface area contributed by atoms with Crippen LogP contribution in [0.5, 0.6) is 5.75 Å². The van der Waals surface area contributed by atoms with Crippen molar-refractivity contribution in [3.63, 3.8) is 0 Å². The van der Waals surface area contributed by atoms with Gasteiger partial charge in [-0.25, -0.2) is 9.78 Å². The molecule has 0 aliphatic heterocycles. The molecule has 15 heavy (non-hydrogen) atoms. The zero-order valence-electron chi connectivity index (χ0n) is 7.50. The Morgan fingerprint density at radius 1 is 1.67 bits per heavy atom. The molecule has 0 saturated carbocycles. The number of halogens is 3. The number of aryl methyl sites for hydroxylation is 1. The molecule has 0 aromatic carbocycles. The Kier molecular flexibility index (Phi) is 3.57. The van der Waals surface area contributed by atoms with Crippen LogP contribution in [0, 0.1) is 6.92 Å². The average Bonchev–Trinajstić information content (AvgIpc) is 2.10. The topological polar surface area (TPSA) is 59.4 Å². The minimum atomic E-state index is -2.97. The number of hydrogen-bond donors (Lipinski definition) is 1. The van der Waals surface area contributed by atoms with E-state index in [4.69, 9.17) is 5.11 Å². The van der Waals surface area contributed by atoms with Crippen molar-refractivity contribution in [1.29, 1.82) is 0 Å². The average molecular weight is 282 g/mol. The Morgan fingerprint density at radius 2 is 2.27 bits per heavy atom. The number of carboxylic acid groups (broad SMARTS) is 1. The summed E-state index contributed by atoms with van der Waals surface area (Å²) >= 11 is 2.86. The van der Waals surface area contributed by atoms with E-state index in [9.17, 15) is 13.6 Å². The molecule has 0 amide bonds. The van der Waals surface area contributed by atoms with Crippen LogP contribution in [0.1, 0.15) is 16.1 Å². The molecule has 0 aliphatic carbocycles. The first-order chi connectivity index (χ1) is 6.91. The van der Waals surface area contributed by atoms with Crippen LogP contribution in [0.15, 0.2) is 10.7 Å². The van der Waals surface area contributed by atoms with Gasteiger partial charge in [0, 0.05) is 0 Å². The summed E-state index contributed by atoms with van der Waals surface area (Å²) in [6.07, 6.45) is 0. The van der Waals surface area contributed by atoms with Crippen LogP contribution in [0.25, 0.3) is 0 Å². The molecule has 0 bridgehead atoms. The van der Waals surface area contributed by atoms with Crippen LogP contribution >= 0.6 is 15.9 Å². The minimum Gasteiger partial charge on any atom is -0.477 e. The number of aromatic nitrogens is 1. The van der Waals surface area contributed by atoms with Gasteiger partial charge in [0.05, 0.1) is 0 Å². The Labute approximate surface area is 92.0 Å². The van der Waals surface area contributed by atoms with Crippen LogP contribution in [0.4, 0.5) is 8.78 Å². The van der Waals surface area contributed by atoms with Crippen molar-refractivity contribution >= 4 is 21.9 Å². The number of aromatic carboxylic acids is 1. The van der Waals surface area contributed by atoms with Crippen LogP contribution < -0.4 is 4.74 Å². The Morgan fingerprint density at radius 3 is 2.67 bits per heavy atom. The van der Waals surface area contributed by atoms with E-state index in [0.717, 1.165) is 6.07 Å². The van der Waals surface area contributed by atoms with Crippen LogP contribution in [0.2, 0.25) is 0 Å². The molecule has 1 heterocycles. The second-order valence-corrected chi connectivity index (χ2v) is 3.38. The maximum absolute atomic E-state index is 12.0. The lowest BCUT2D eigenvalue weighted by molar-refractivity contribution is -0.0510. The van der Waals surface area contributed by atoms with Gasteiger partial charge in [0.2, 0.25) is 0 Å². The van der Waals surface area contributed by atoms with Crippen molar-refractivity contribution in [3.05, 3.63) is 21.9 Å². The number of rotatable bonds is 3. The molecule has 4 nitrogen and oxygen atoms in total. The van der Waals surface area contributed by atoms with Crippen molar-refractivity contribution in [2.24, 2.45) is 0 Å². The molecule has 0 atom stereocenters. The molecule has 1 aromatic heterocycles. The molecule has 0 fully saturated rings. The van der Waals surface area contributed by atoms with Crippen molar-refractivity contribution in [2.75, 3.05) is 0 Å². The normalized spacial score (nSPS) is 10.5. The predicted octanol–water partition coefficient (Wildman–Crippen LogP) is 2.45. The third kappa shape index (κ3) is 2.85. The van der Waals surface area contributed by atoms with Crippen LogP contribution in [0.3, 0.4) is 0 Å². The monoisotopic (exact) mass is 281 g/mol. The van der Waals surface area contributed by atoms with Gasteiger partial charge in [0.15, 0.2) is 5.75 Å². The standard InChI is InChI=1S/C8H6BrF2NO3/c1-3-2-4(7(13)14)12-6(9)5(3)15-8(10)11/h2,8H,1H3,(H,13,14). The summed E-state index contributed by atoms with van der Waals surface area (Å²) in [6, 6.07) is 1.16. The lowest BCUT2D eigenvalue weighted by atomic mass is 10.2. The van der Waals surface area contributed by atoms with Crippen LogP contribution in [-0.2, 0) is 0 Å². The number of nitrogens with zero attached hydrogens (tertiary/aromatic N) is 1. The lowest BCUT2D eigenvalue weighted by Gasteiger charge is -2.09. The van der Waals surface area contributed by atoms with Crippen molar-refractivity contribution in [3.8, 4) is 5.75 Å². The van der Waals surface area contributed by atoms with Gasteiger partial charge < -0.3 is 9.84 Å². The third-order valence-corrected chi connectivity index (χ3v) is 2.08. The maximum Gasteiger partial charge on any atom is 0.387 e. The summed E-state index contributed by atoms with van der Waals surface area (Å²) in [4.78, 5) is 14.1. The molecule has 0 saturated heterocycles. The number of carboxylic acids is 1. The van der Waals surface area contributed by atoms with Gasteiger partial charge in [-0.3, -0.25) is 0 Å². The predicted molar refractivity (Wildman–Crippen MR) is 50.3 cm³/mol. The fourth-order valence-electron chi connectivity index (χ4n) is 0.962. The highest BCUT2D eigenvalue weighted by molar-refractivity contribution is 9.10. The van der Waals surface area contributed by atoms with E-state index in [2.05, 4.69) is 25.7 Å². The summed E-state index contributed by atoms with van der Waals surface area (Å²) in [5, 5.41) is 8.63. The minimum absolute atomic E-state index is 0.0554. The summed E-state index contributed by atoms with van der Waals surface area (Å²) in [6.45, 7) is -1.52. The second-order valence-electron chi connectivity index (χ2n) is 2.63. The van der Waals surface area contributed by atoms with Crippen molar-refractivity contribution < 1.29 is 23.4 Å². The van der Waals surface area contributed by atoms with E-state index in [0.29, 0.717) is 0 Å². The highest BCUT2D eigenvalue weighted by Crippen LogP contribution is 2.28. The Hall–Kier alpha value is -1.24. The van der Waals surface area contributed by atoms with Gasteiger partial charge >= 0.3 is 12.6 Å². The van der Waals surface area contributed by atoms with Crippen molar-refractivity contribution in [2.45, 2.75) is 13.5 Å². The summed E-state index contributed by atoms with van der Waals surface area (Å²) < 4.78 is 28.0. The second kappa shape index (κ2) is 4.52. The molecule has 0 unspecified atom stereocenters. The largest absolute Gasteiger partial charge is 0.477 e. The quantitative estimate of drug-likeness (QED) is 0.865. The molecule has 0 radical (unpaired) electrons. The molecule has 0 spiro atoms. The number of carbonyl (C=O) groups is 1. The zero-order chi connectivity index (χ0) is 11.6. The van der Waals surface area contributed by atoms with Crippen LogP contribution in [-0.4, -0.2) is 22.7 Å². The fraction of sp³-hybridized carbons (Fsp3) is 0.250. The van der Waals surface area contributed by atoms with Gasteiger partial charge in [0.25, 0.3) is 0 Å². The molecule has 1 rings (SSSR count). The maximum atomic E-state index is 12.0. The van der Waals surface area contributed by atoms with Gasteiger partial charge in [-0.15, -0.1) is 0 Å². The molecule has 0 aliphatic rings. The summed E-state index contributed by atoms with van der Waals surface area (Å²) in [5.74, 6) is -1.39. The van der Waals surface area contributed by atoms with E-state index in [1.165, 1.54) is 6.92 Å². The smallest absolute Gasteiger partial charge is 0.387 e. The van der Waals surface area contributed by atoms with E-state index in [1.54, 1.807) is 0 Å². The molecule has 1 N–H and O–H groups in total. The first kappa shape index (κ1) is 11.8. The number of hydrogen-bond acceptors (Lipinski definition) is 3. The van der Waals surface area contributed by atoms with E-state index in [1.807, 2.05) is 0 Å². The number of alkyl halides is 2. The van der Waals surface area contributed by atoms with Gasteiger partial charge in [-0.2, -0.15) is 8.78 Å². The first-order valence-corrected chi connectivity index (χ1v) is 4.56. The van der Waals surface area contributed by atoms with Gasteiger partial charge in [0.1, 0.15) is 10.3 Å². The SMILES string of the molecule is Cc1cc(C(=O)O)nc(Br)c1OC(F)F. The molecule has 7 heteroatoms. The summed E-state index contributed by atoms with van der Waals surface area (Å²) in [5.41, 5.74) is 0.0376. The van der Waals surface area contributed by atoms with E-state index < -0.39 is 12.6 Å². The lowest BCUT2D eigenvalue weighted by Crippen LogP contribution is -2.08. The third-order valence-electron chi connectivity index (χ3n) is 1.54. The van der Waals surface area contributed by atoms with Gasteiger partial charge in [-0.05, 0) is 34.5 Å². The van der Waals surface area contributed by atoms with E-state index >= 15 is 0 Å². The highest BCUT2D eigenvalue weighted by atomic mass is 79.9. The summed E-state index contributed by atoms with van der Waals surface area (Å²) in [7, 11) is 0.